The number of nitrogens with zero attached hydrogens (tertiary/aromatic N) is 1. The molecule has 0 spiro atoms. The third-order valence-electron chi connectivity index (χ3n) is 4.99. The van der Waals surface area contributed by atoms with Crippen LogP contribution >= 0.6 is 0 Å². The zero-order valence-corrected chi connectivity index (χ0v) is 15.3. The Bertz CT molecular complexity index is 446. The Hall–Kier alpha value is -1.08. The Morgan fingerprint density at radius 2 is 1.65 bits per heavy atom. The molecule has 128 valence electrons. The summed E-state index contributed by atoms with van der Waals surface area (Å²) in [6, 6.07) is 9.41. The van der Waals surface area contributed by atoms with Crippen LogP contribution in [-0.4, -0.2) is 24.5 Å². The molecule has 0 saturated heterocycles. The maximum atomic E-state index is 2.62. The number of aryl methyl sites for hydroxylation is 1. The fraction of sp³-hybridized carbons (Fsp3) is 0.636. The summed E-state index contributed by atoms with van der Waals surface area (Å²) in [6.07, 6.45) is 15.4. The Morgan fingerprint density at radius 1 is 0.913 bits per heavy atom. The van der Waals surface area contributed by atoms with Gasteiger partial charge in [0.25, 0.3) is 0 Å². The lowest BCUT2D eigenvalue weighted by Crippen LogP contribution is -2.32. The van der Waals surface area contributed by atoms with Gasteiger partial charge in [0, 0.05) is 19.0 Å². The molecule has 1 unspecified atom stereocenters. The van der Waals surface area contributed by atoms with E-state index in [0.29, 0.717) is 5.92 Å². The van der Waals surface area contributed by atoms with Crippen molar-refractivity contribution in [3.05, 3.63) is 47.5 Å². The molecule has 1 aromatic rings. The van der Waals surface area contributed by atoms with Crippen molar-refractivity contribution in [1.82, 2.24) is 4.90 Å². The predicted octanol–water partition coefficient (Wildman–Crippen LogP) is 5.96. The molecule has 1 aliphatic rings. The molecule has 23 heavy (non-hydrogen) atoms. The van der Waals surface area contributed by atoms with Crippen molar-refractivity contribution in [2.24, 2.45) is 0 Å². The third kappa shape index (κ3) is 6.51. The molecule has 0 aliphatic carbocycles. The molecule has 0 N–H and O–H groups in total. The van der Waals surface area contributed by atoms with E-state index < -0.39 is 0 Å². The Kier molecular flexibility index (Phi) is 8.46. The Balaban J connectivity index is 1.81. The van der Waals surface area contributed by atoms with Gasteiger partial charge < -0.3 is 0 Å². The maximum Gasteiger partial charge on any atom is 0.0163 e. The second kappa shape index (κ2) is 10.6. The van der Waals surface area contributed by atoms with Gasteiger partial charge in [-0.15, -0.1) is 0 Å². The van der Waals surface area contributed by atoms with Crippen molar-refractivity contribution in [3.63, 3.8) is 0 Å². The van der Waals surface area contributed by atoms with E-state index in [2.05, 4.69) is 55.2 Å². The van der Waals surface area contributed by atoms with Crippen molar-refractivity contribution in [2.45, 2.75) is 71.1 Å². The molecule has 1 heteroatoms. The molecule has 0 saturated carbocycles. The van der Waals surface area contributed by atoms with Crippen LogP contribution in [0.5, 0.6) is 0 Å². The summed E-state index contributed by atoms with van der Waals surface area (Å²) >= 11 is 0. The van der Waals surface area contributed by atoms with Gasteiger partial charge in [0.2, 0.25) is 0 Å². The Labute approximate surface area is 143 Å². The highest BCUT2D eigenvalue weighted by Crippen LogP contribution is 2.23. The van der Waals surface area contributed by atoms with E-state index in [1.807, 2.05) is 0 Å². The highest BCUT2D eigenvalue weighted by molar-refractivity contribution is 5.29. The van der Waals surface area contributed by atoms with Crippen LogP contribution < -0.4 is 0 Å². The first kappa shape index (κ1) is 18.3. The first-order valence-electron chi connectivity index (χ1n) is 9.81. The van der Waals surface area contributed by atoms with Gasteiger partial charge in [-0.2, -0.15) is 0 Å². The lowest BCUT2D eigenvalue weighted by molar-refractivity contribution is 0.277. The normalized spacial score (nSPS) is 18.4. The average molecular weight is 314 g/mol. The van der Waals surface area contributed by atoms with Crippen LogP contribution in [0.1, 0.15) is 75.8 Å². The second-order valence-corrected chi connectivity index (χ2v) is 7.05. The van der Waals surface area contributed by atoms with Crippen LogP contribution in [0.2, 0.25) is 0 Å². The molecular formula is C22H35N. The predicted molar refractivity (Wildman–Crippen MR) is 102 cm³/mol. The minimum absolute atomic E-state index is 0.583. The summed E-state index contributed by atoms with van der Waals surface area (Å²) in [5.74, 6) is 0.583. The summed E-state index contributed by atoms with van der Waals surface area (Å²) in [5.41, 5.74) is 2.98. The molecule has 1 atom stereocenters. The zero-order valence-electron chi connectivity index (χ0n) is 15.3. The fourth-order valence-electron chi connectivity index (χ4n) is 3.46. The van der Waals surface area contributed by atoms with Crippen LogP contribution in [-0.2, 0) is 6.42 Å². The molecule has 0 aromatic heterocycles. The molecule has 0 fully saturated rings. The molecule has 1 aliphatic heterocycles. The smallest absolute Gasteiger partial charge is 0.0163 e. The lowest BCUT2D eigenvalue weighted by atomic mass is 9.94. The fourth-order valence-corrected chi connectivity index (χ4v) is 3.46. The number of benzene rings is 1. The van der Waals surface area contributed by atoms with Crippen LogP contribution in [0, 0.1) is 0 Å². The van der Waals surface area contributed by atoms with Crippen LogP contribution in [0.3, 0.4) is 0 Å². The minimum Gasteiger partial charge on any atom is -0.299 e. The molecule has 1 aromatic carbocycles. The molecule has 1 nitrogen and oxygen atoms in total. The van der Waals surface area contributed by atoms with Gasteiger partial charge in [-0.25, -0.2) is 0 Å². The maximum absolute atomic E-state index is 2.62. The van der Waals surface area contributed by atoms with Crippen molar-refractivity contribution >= 4 is 0 Å². The molecule has 2 rings (SSSR count). The number of unbranched alkanes of at least 4 members (excludes halogenated alkanes) is 5. The van der Waals surface area contributed by atoms with E-state index in [-0.39, 0.29) is 0 Å². The third-order valence-corrected chi connectivity index (χ3v) is 4.99. The van der Waals surface area contributed by atoms with Gasteiger partial charge in [0.1, 0.15) is 0 Å². The number of hydrogen-bond acceptors (Lipinski definition) is 1. The van der Waals surface area contributed by atoms with E-state index in [0.717, 1.165) is 6.54 Å². The summed E-state index contributed by atoms with van der Waals surface area (Å²) in [4.78, 5) is 2.62. The minimum atomic E-state index is 0.583. The number of rotatable bonds is 10. The van der Waals surface area contributed by atoms with E-state index in [9.17, 15) is 0 Å². The van der Waals surface area contributed by atoms with E-state index in [1.165, 1.54) is 75.6 Å². The van der Waals surface area contributed by atoms with Crippen molar-refractivity contribution in [3.8, 4) is 0 Å². The van der Waals surface area contributed by atoms with Crippen LogP contribution in [0.25, 0.3) is 0 Å². The first-order valence-corrected chi connectivity index (χ1v) is 9.81. The van der Waals surface area contributed by atoms with Crippen LogP contribution in [0.15, 0.2) is 36.4 Å². The Morgan fingerprint density at radius 3 is 2.39 bits per heavy atom. The van der Waals surface area contributed by atoms with E-state index in [4.69, 9.17) is 0 Å². The SMILES string of the molecule is CCCCCCN1CC=CC(c2ccc(CCCCC)cc2)C1. The molecule has 0 amide bonds. The second-order valence-electron chi connectivity index (χ2n) is 7.05. The van der Waals surface area contributed by atoms with Gasteiger partial charge in [-0.05, 0) is 36.9 Å². The monoisotopic (exact) mass is 313 g/mol. The largest absolute Gasteiger partial charge is 0.299 e. The van der Waals surface area contributed by atoms with E-state index in [1.54, 1.807) is 0 Å². The summed E-state index contributed by atoms with van der Waals surface area (Å²) < 4.78 is 0. The molecule has 0 radical (unpaired) electrons. The highest BCUT2D eigenvalue weighted by atomic mass is 15.1. The van der Waals surface area contributed by atoms with Gasteiger partial charge in [-0.3, -0.25) is 4.90 Å². The summed E-state index contributed by atoms with van der Waals surface area (Å²) in [6.45, 7) is 8.14. The van der Waals surface area contributed by atoms with Crippen molar-refractivity contribution in [2.75, 3.05) is 19.6 Å². The van der Waals surface area contributed by atoms with Crippen LogP contribution in [0.4, 0.5) is 0 Å². The van der Waals surface area contributed by atoms with Crippen molar-refractivity contribution in [1.29, 1.82) is 0 Å². The average Bonchev–Trinajstić information content (AvgIpc) is 2.60. The van der Waals surface area contributed by atoms with Gasteiger partial charge in [0.05, 0.1) is 0 Å². The van der Waals surface area contributed by atoms with Crippen molar-refractivity contribution < 1.29 is 0 Å². The summed E-state index contributed by atoms with van der Waals surface area (Å²) in [5, 5.41) is 0. The molecule has 0 bridgehead atoms. The quantitative estimate of drug-likeness (QED) is 0.381. The summed E-state index contributed by atoms with van der Waals surface area (Å²) in [7, 11) is 0. The van der Waals surface area contributed by atoms with Gasteiger partial charge in [0.15, 0.2) is 0 Å². The molecular weight excluding hydrogens is 278 g/mol. The van der Waals surface area contributed by atoms with E-state index >= 15 is 0 Å². The number of hydrogen-bond donors (Lipinski definition) is 0. The first-order chi connectivity index (χ1) is 11.3. The standard InChI is InChI=1S/C22H35N/c1-3-5-7-9-17-23-18-10-12-22(19-23)21-15-13-20(14-16-21)11-8-6-4-2/h10,12-16,22H,3-9,11,17-19H2,1-2H3. The highest BCUT2D eigenvalue weighted by Gasteiger charge is 2.16. The van der Waals surface area contributed by atoms with Gasteiger partial charge >= 0.3 is 0 Å². The zero-order chi connectivity index (χ0) is 16.3. The lowest BCUT2D eigenvalue weighted by Gasteiger charge is -2.29. The topological polar surface area (TPSA) is 3.24 Å². The molecule has 1 heterocycles. The van der Waals surface area contributed by atoms with Gasteiger partial charge in [-0.1, -0.05) is 82.4 Å².